The van der Waals surface area contributed by atoms with Gasteiger partial charge in [0, 0.05) is 23.4 Å². The highest BCUT2D eigenvalue weighted by molar-refractivity contribution is 6.42. The van der Waals surface area contributed by atoms with E-state index in [1.165, 1.54) is 18.2 Å². The Morgan fingerprint density at radius 2 is 1.80 bits per heavy atom. The molecule has 0 unspecified atom stereocenters. The normalized spacial score (nSPS) is 10.4. The van der Waals surface area contributed by atoms with Crippen molar-refractivity contribution in [1.82, 2.24) is 15.6 Å². The molecule has 0 saturated heterocycles. The molecule has 0 bridgehead atoms. The van der Waals surface area contributed by atoms with Crippen molar-refractivity contribution >= 4 is 35.0 Å². The number of halogens is 2. The maximum absolute atomic E-state index is 12.0. The van der Waals surface area contributed by atoms with Gasteiger partial charge in [0.05, 0.1) is 16.6 Å². The maximum Gasteiger partial charge on any atom is 0.253 e. The van der Waals surface area contributed by atoms with Crippen LogP contribution in [0, 0.1) is 13.8 Å². The summed E-state index contributed by atoms with van der Waals surface area (Å²) in [7, 11) is 0. The number of hydrogen-bond acceptors (Lipinski definition) is 3. The molecule has 2 aromatic rings. The molecule has 2 rings (SSSR count). The van der Waals surface area contributed by atoms with Gasteiger partial charge in [-0.3, -0.25) is 14.4 Å². The van der Waals surface area contributed by atoms with E-state index in [2.05, 4.69) is 15.6 Å². The fourth-order valence-corrected chi connectivity index (χ4v) is 2.55. The van der Waals surface area contributed by atoms with Gasteiger partial charge in [-0.15, -0.1) is 0 Å². The number of H-pyrrole nitrogens is 1. The number of aryl methyl sites for hydroxylation is 2. The molecule has 0 spiro atoms. The molecule has 0 aliphatic rings. The standard InChI is InChI=1S/C17H17Cl2N3O3/c1-9-5-10(2)22-17(25)12(9)7-20-15(23)8-21-16(24)11-3-4-13(18)14(19)6-11/h3-6H,7-8H2,1-2H3,(H,20,23)(H,21,24)(H,22,25). The second kappa shape index (κ2) is 8.18. The van der Waals surface area contributed by atoms with Crippen LogP contribution in [-0.2, 0) is 11.3 Å². The SMILES string of the molecule is Cc1cc(C)c(CNC(=O)CNC(=O)c2ccc(Cl)c(Cl)c2)c(=O)[nH]1. The minimum absolute atomic E-state index is 0.0862. The van der Waals surface area contributed by atoms with Crippen LogP contribution in [0.4, 0.5) is 0 Å². The second-order valence-corrected chi connectivity index (χ2v) is 6.35. The largest absolute Gasteiger partial charge is 0.350 e. The first-order valence-electron chi connectivity index (χ1n) is 7.47. The van der Waals surface area contributed by atoms with E-state index in [0.29, 0.717) is 16.1 Å². The first kappa shape index (κ1) is 19.0. The third kappa shape index (κ3) is 5.08. The summed E-state index contributed by atoms with van der Waals surface area (Å²) in [6, 6.07) is 6.27. The third-order valence-corrected chi connectivity index (χ3v) is 4.29. The minimum atomic E-state index is -0.446. The molecule has 25 heavy (non-hydrogen) atoms. The quantitative estimate of drug-likeness (QED) is 0.742. The van der Waals surface area contributed by atoms with Gasteiger partial charge < -0.3 is 15.6 Å². The zero-order valence-corrected chi connectivity index (χ0v) is 15.2. The van der Waals surface area contributed by atoms with E-state index < -0.39 is 11.8 Å². The summed E-state index contributed by atoms with van der Waals surface area (Å²) in [4.78, 5) is 38.4. The fraction of sp³-hybridized carbons (Fsp3) is 0.235. The predicted octanol–water partition coefficient (Wildman–Crippen LogP) is 2.34. The first-order valence-corrected chi connectivity index (χ1v) is 8.23. The molecule has 0 fully saturated rings. The molecule has 3 N–H and O–H groups in total. The van der Waals surface area contributed by atoms with Crippen LogP contribution in [0.25, 0.3) is 0 Å². The number of hydrogen-bond donors (Lipinski definition) is 3. The molecule has 2 amide bonds. The van der Waals surface area contributed by atoms with E-state index in [4.69, 9.17) is 23.2 Å². The number of carbonyl (C=O) groups excluding carboxylic acids is 2. The summed E-state index contributed by atoms with van der Waals surface area (Å²) in [5, 5.41) is 5.69. The van der Waals surface area contributed by atoms with Crippen molar-refractivity contribution < 1.29 is 9.59 Å². The van der Waals surface area contributed by atoms with Crippen molar-refractivity contribution in [3.05, 3.63) is 67.0 Å². The van der Waals surface area contributed by atoms with Gasteiger partial charge >= 0.3 is 0 Å². The Labute approximate surface area is 154 Å². The number of aromatic amines is 1. The predicted molar refractivity (Wildman–Crippen MR) is 97.2 cm³/mol. The topological polar surface area (TPSA) is 91.1 Å². The van der Waals surface area contributed by atoms with Gasteiger partial charge in [0.25, 0.3) is 11.5 Å². The highest BCUT2D eigenvalue weighted by Crippen LogP contribution is 2.22. The lowest BCUT2D eigenvalue weighted by atomic mass is 10.1. The lowest BCUT2D eigenvalue weighted by molar-refractivity contribution is -0.120. The van der Waals surface area contributed by atoms with Gasteiger partial charge in [-0.2, -0.15) is 0 Å². The maximum atomic E-state index is 12.0. The summed E-state index contributed by atoms with van der Waals surface area (Å²) in [6.45, 7) is 3.45. The summed E-state index contributed by atoms with van der Waals surface area (Å²) in [5.41, 5.74) is 2.09. The second-order valence-electron chi connectivity index (χ2n) is 5.53. The molecule has 0 aliphatic heterocycles. The molecule has 1 aromatic heterocycles. The third-order valence-electron chi connectivity index (χ3n) is 3.55. The molecule has 0 radical (unpaired) electrons. The van der Waals surface area contributed by atoms with Crippen LogP contribution in [0.3, 0.4) is 0 Å². The van der Waals surface area contributed by atoms with Crippen LogP contribution >= 0.6 is 23.2 Å². The van der Waals surface area contributed by atoms with Crippen molar-refractivity contribution in [2.24, 2.45) is 0 Å². The lowest BCUT2D eigenvalue weighted by Crippen LogP contribution is -2.37. The van der Waals surface area contributed by atoms with Crippen molar-refractivity contribution in [2.45, 2.75) is 20.4 Å². The van der Waals surface area contributed by atoms with Crippen molar-refractivity contribution in [2.75, 3.05) is 6.54 Å². The lowest BCUT2D eigenvalue weighted by Gasteiger charge is -2.09. The molecule has 0 aliphatic carbocycles. The van der Waals surface area contributed by atoms with Crippen molar-refractivity contribution in [1.29, 1.82) is 0 Å². The number of benzene rings is 1. The summed E-state index contributed by atoms with van der Waals surface area (Å²) >= 11 is 11.6. The number of rotatable bonds is 5. The van der Waals surface area contributed by atoms with E-state index in [1.54, 1.807) is 13.8 Å². The Morgan fingerprint density at radius 3 is 2.44 bits per heavy atom. The van der Waals surface area contributed by atoms with Crippen molar-refractivity contribution in [3.63, 3.8) is 0 Å². The Kier molecular flexibility index (Phi) is 6.22. The monoisotopic (exact) mass is 381 g/mol. The Morgan fingerprint density at radius 1 is 1.08 bits per heavy atom. The average molecular weight is 382 g/mol. The van der Waals surface area contributed by atoms with Crippen LogP contribution in [0.5, 0.6) is 0 Å². The van der Waals surface area contributed by atoms with Gasteiger partial charge in [-0.25, -0.2) is 0 Å². The Balaban J connectivity index is 1.90. The van der Waals surface area contributed by atoms with Crippen LogP contribution < -0.4 is 16.2 Å². The van der Waals surface area contributed by atoms with E-state index in [1.807, 2.05) is 6.07 Å². The molecule has 132 valence electrons. The zero-order chi connectivity index (χ0) is 18.6. The van der Waals surface area contributed by atoms with Gasteiger partial charge in [0.1, 0.15) is 0 Å². The summed E-state index contributed by atoms with van der Waals surface area (Å²) in [5.74, 6) is -0.856. The highest BCUT2D eigenvalue weighted by Gasteiger charge is 2.11. The smallest absolute Gasteiger partial charge is 0.253 e. The zero-order valence-electron chi connectivity index (χ0n) is 13.7. The Bertz CT molecular complexity index is 878. The van der Waals surface area contributed by atoms with Gasteiger partial charge in [-0.1, -0.05) is 23.2 Å². The molecule has 8 heteroatoms. The molecule has 1 heterocycles. The molecular weight excluding hydrogens is 365 g/mol. The number of nitrogens with one attached hydrogen (secondary N) is 3. The molecule has 0 saturated carbocycles. The molecular formula is C17H17Cl2N3O3. The van der Waals surface area contributed by atoms with Gasteiger partial charge in [0.2, 0.25) is 5.91 Å². The first-order chi connectivity index (χ1) is 11.8. The minimum Gasteiger partial charge on any atom is -0.350 e. The number of amides is 2. The van der Waals surface area contributed by atoms with Crippen LogP contribution in [0.15, 0.2) is 29.1 Å². The van der Waals surface area contributed by atoms with E-state index in [0.717, 1.165) is 11.3 Å². The fourth-order valence-electron chi connectivity index (χ4n) is 2.25. The molecule has 6 nitrogen and oxygen atoms in total. The Hall–Kier alpha value is -2.31. The average Bonchev–Trinajstić information content (AvgIpc) is 2.54. The number of pyridine rings is 1. The van der Waals surface area contributed by atoms with Crippen LogP contribution in [0.1, 0.15) is 27.2 Å². The van der Waals surface area contributed by atoms with Gasteiger partial charge in [-0.05, 0) is 43.7 Å². The van der Waals surface area contributed by atoms with E-state index in [9.17, 15) is 14.4 Å². The van der Waals surface area contributed by atoms with E-state index in [-0.39, 0.29) is 23.7 Å². The van der Waals surface area contributed by atoms with Crippen molar-refractivity contribution in [3.8, 4) is 0 Å². The summed E-state index contributed by atoms with van der Waals surface area (Å²) in [6.07, 6.45) is 0. The summed E-state index contributed by atoms with van der Waals surface area (Å²) < 4.78 is 0. The molecule has 1 aromatic carbocycles. The number of carbonyl (C=O) groups is 2. The highest BCUT2D eigenvalue weighted by atomic mass is 35.5. The van der Waals surface area contributed by atoms with Gasteiger partial charge in [0.15, 0.2) is 0 Å². The van der Waals surface area contributed by atoms with E-state index >= 15 is 0 Å². The van der Waals surface area contributed by atoms with Crippen LogP contribution in [0.2, 0.25) is 10.0 Å². The molecule has 0 atom stereocenters. The van der Waals surface area contributed by atoms with Crippen LogP contribution in [-0.4, -0.2) is 23.3 Å². The number of aromatic nitrogens is 1.